The minimum Gasteiger partial charge on any atom is -0.398 e. The van der Waals surface area contributed by atoms with E-state index in [1.807, 2.05) is 0 Å². The number of benzene rings is 1. The van der Waals surface area contributed by atoms with Gasteiger partial charge in [-0.2, -0.15) is 0 Å². The number of ether oxygens (including phenoxy) is 1. The van der Waals surface area contributed by atoms with Crippen LogP contribution in [0.15, 0.2) is 23.1 Å². The minimum atomic E-state index is -3.70. The van der Waals surface area contributed by atoms with E-state index in [0.717, 1.165) is 45.0 Å². The average molecular weight is 317 g/mol. The van der Waals surface area contributed by atoms with E-state index in [2.05, 4.69) is 9.62 Å². The number of hydrogen-bond donors (Lipinski definition) is 2. The number of rotatable bonds is 6. The van der Waals surface area contributed by atoms with E-state index in [0.29, 0.717) is 13.0 Å². The second-order valence-electron chi connectivity index (χ2n) is 4.89. The molecule has 0 aromatic heterocycles. The van der Waals surface area contributed by atoms with E-state index in [-0.39, 0.29) is 10.6 Å². The SMILES string of the molecule is Nc1cc(F)ccc1S(=O)(=O)NCCCN1CCOCC1. The zero-order valence-electron chi connectivity index (χ0n) is 11.7. The Kier molecular flexibility index (Phi) is 5.51. The number of nitrogens with one attached hydrogen (secondary N) is 1. The Labute approximate surface area is 124 Å². The van der Waals surface area contributed by atoms with Gasteiger partial charge in [0.2, 0.25) is 10.0 Å². The molecule has 0 spiro atoms. The van der Waals surface area contributed by atoms with Gasteiger partial charge in [0, 0.05) is 19.6 Å². The summed E-state index contributed by atoms with van der Waals surface area (Å²) in [7, 11) is -3.70. The molecule has 21 heavy (non-hydrogen) atoms. The van der Waals surface area contributed by atoms with Crippen LogP contribution in [-0.4, -0.2) is 52.7 Å². The van der Waals surface area contributed by atoms with Crippen molar-refractivity contribution in [2.75, 3.05) is 45.1 Å². The molecule has 1 saturated heterocycles. The molecule has 0 atom stereocenters. The predicted octanol–water partition coefficient (Wildman–Crippen LogP) is 0.409. The first kappa shape index (κ1) is 16.2. The fourth-order valence-corrected chi connectivity index (χ4v) is 3.36. The normalized spacial score (nSPS) is 17.0. The number of nitrogens with zero attached hydrogens (tertiary/aromatic N) is 1. The molecule has 3 N–H and O–H groups in total. The Morgan fingerprint density at radius 1 is 1.33 bits per heavy atom. The van der Waals surface area contributed by atoms with Crippen molar-refractivity contribution in [3.05, 3.63) is 24.0 Å². The maximum absolute atomic E-state index is 12.9. The maximum atomic E-state index is 12.9. The predicted molar refractivity (Wildman–Crippen MR) is 77.9 cm³/mol. The van der Waals surface area contributed by atoms with Crippen molar-refractivity contribution < 1.29 is 17.5 Å². The molecule has 0 amide bonds. The molecule has 2 rings (SSSR count). The highest BCUT2D eigenvalue weighted by Crippen LogP contribution is 2.18. The molecule has 118 valence electrons. The molecule has 1 heterocycles. The van der Waals surface area contributed by atoms with Crippen LogP contribution in [0.3, 0.4) is 0 Å². The average Bonchev–Trinajstić information content (AvgIpc) is 2.44. The number of anilines is 1. The molecular formula is C13H20FN3O3S. The van der Waals surface area contributed by atoms with Gasteiger partial charge in [-0.1, -0.05) is 0 Å². The van der Waals surface area contributed by atoms with Gasteiger partial charge in [-0.3, -0.25) is 4.90 Å². The second-order valence-corrected chi connectivity index (χ2v) is 6.62. The van der Waals surface area contributed by atoms with Crippen molar-refractivity contribution in [2.45, 2.75) is 11.3 Å². The first-order valence-corrected chi connectivity index (χ1v) is 8.32. The lowest BCUT2D eigenvalue weighted by atomic mass is 10.3. The van der Waals surface area contributed by atoms with Crippen LogP contribution >= 0.6 is 0 Å². The summed E-state index contributed by atoms with van der Waals surface area (Å²) in [6, 6.07) is 3.26. The molecule has 0 bridgehead atoms. The van der Waals surface area contributed by atoms with Gasteiger partial charge in [0.15, 0.2) is 0 Å². The van der Waals surface area contributed by atoms with Crippen molar-refractivity contribution in [2.24, 2.45) is 0 Å². The third-order valence-electron chi connectivity index (χ3n) is 3.31. The molecule has 1 aliphatic heterocycles. The van der Waals surface area contributed by atoms with E-state index in [1.54, 1.807) is 0 Å². The van der Waals surface area contributed by atoms with Gasteiger partial charge in [-0.15, -0.1) is 0 Å². The quantitative estimate of drug-likeness (QED) is 0.586. The molecule has 0 aliphatic carbocycles. The van der Waals surface area contributed by atoms with Crippen molar-refractivity contribution in [3.8, 4) is 0 Å². The lowest BCUT2D eigenvalue weighted by Crippen LogP contribution is -2.38. The van der Waals surface area contributed by atoms with Gasteiger partial charge in [-0.05, 0) is 31.2 Å². The summed E-state index contributed by atoms with van der Waals surface area (Å²) in [5.74, 6) is -0.557. The summed E-state index contributed by atoms with van der Waals surface area (Å²) in [4.78, 5) is 2.14. The largest absolute Gasteiger partial charge is 0.398 e. The topological polar surface area (TPSA) is 84.7 Å². The Morgan fingerprint density at radius 2 is 2.05 bits per heavy atom. The second kappa shape index (κ2) is 7.17. The number of halogens is 1. The minimum absolute atomic E-state index is 0.0873. The molecule has 1 aliphatic rings. The van der Waals surface area contributed by atoms with E-state index in [1.165, 1.54) is 6.07 Å². The summed E-state index contributed by atoms with van der Waals surface area (Å²) >= 11 is 0. The standard InChI is InChI=1S/C13H20FN3O3S/c14-11-2-3-13(12(15)10-11)21(18,19)16-4-1-5-17-6-8-20-9-7-17/h2-3,10,16H,1,4-9,15H2. The Hall–Kier alpha value is -1.22. The fourth-order valence-electron chi connectivity index (χ4n) is 2.18. The summed E-state index contributed by atoms with van der Waals surface area (Å²) < 4.78 is 44.8. The number of morpholine rings is 1. The van der Waals surface area contributed by atoms with E-state index in [4.69, 9.17) is 10.5 Å². The molecular weight excluding hydrogens is 297 g/mol. The highest BCUT2D eigenvalue weighted by Gasteiger charge is 2.17. The first-order chi connectivity index (χ1) is 9.99. The van der Waals surface area contributed by atoms with Gasteiger partial charge in [0.1, 0.15) is 10.7 Å². The smallest absolute Gasteiger partial charge is 0.242 e. The van der Waals surface area contributed by atoms with Gasteiger partial charge in [-0.25, -0.2) is 17.5 Å². The van der Waals surface area contributed by atoms with Gasteiger partial charge in [0.25, 0.3) is 0 Å². The van der Waals surface area contributed by atoms with Crippen LogP contribution in [0, 0.1) is 5.82 Å². The van der Waals surface area contributed by atoms with Gasteiger partial charge in [0.05, 0.1) is 18.9 Å². The molecule has 1 aromatic carbocycles. The molecule has 6 nitrogen and oxygen atoms in total. The van der Waals surface area contributed by atoms with Crippen LogP contribution in [0.25, 0.3) is 0 Å². The molecule has 8 heteroatoms. The van der Waals surface area contributed by atoms with E-state index >= 15 is 0 Å². The highest BCUT2D eigenvalue weighted by atomic mass is 32.2. The van der Waals surface area contributed by atoms with Crippen LogP contribution < -0.4 is 10.5 Å². The lowest BCUT2D eigenvalue weighted by molar-refractivity contribution is 0.0376. The third kappa shape index (κ3) is 4.63. The Balaban J connectivity index is 1.83. The number of hydrogen-bond acceptors (Lipinski definition) is 5. The molecule has 1 fully saturated rings. The molecule has 0 unspecified atom stereocenters. The van der Waals surface area contributed by atoms with Crippen LogP contribution in [-0.2, 0) is 14.8 Å². The van der Waals surface area contributed by atoms with E-state index < -0.39 is 15.8 Å². The van der Waals surface area contributed by atoms with Crippen LogP contribution in [0.4, 0.5) is 10.1 Å². The zero-order valence-corrected chi connectivity index (χ0v) is 12.5. The lowest BCUT2D eigenvalue weighted by Gasteiger charge is -2.26. The number of nitrogens with two attached hydrogens (primary N) is 1. The van der Waals surface area contributed by atoms with Gasteiger partial charge >= 0.3 is 0 Å². The van der Waals surface area contributed by atoms with Crippen LogP contribution in [0.2, 0.25) is 0 Å². The van der Waals surface area contributed by atoms with E-state index in [9.17, 15) is 12.8 Å². The Morgan fingerprint density at radius 3 is 2.71 bits per heavy atom. The summed E-state index contributed by atoms with van der Waals surface area (Å²) in [5, 5.41) is 0. The summed E-state index contributed by atoms with van der Waals surface area (Å²) in [5.41, 5.74) is 5.46. The van der Waals surface area contributed by atoms with Crippen molar-refractivity contribution in [1.82, 2.24) is 9.62 Å². The zero-order chi connectivity index (χ0) is 15.3. The highest BCUT2D eigenvalue weighted by molar-refractivity contribution is 7.89. The maximum Gasteiger partial charge on any atom is 0.242 e. The number of nitrogen functional groups attached to an aromatic ring is 1. The summed E-state index contributed by atoms with van der Waals surface area (Å²) in [6.45, 7) is 4.31. The molecule has 0 saturated carbocycles. The Bertz CT molecular complexity index is 574. The third-order valence-corrected chi connectivity index (χ3v) is 4.84. The fraction of sp³-hybridized carbons (Fsp3) is 0.538. The number of sulfonamides is 1. The molecule has 1 aromatic rings. The monoisotopic (exact) mass is 317 g/mol. The van der Waals surface area contributed by atoms with Crippen molar-refractivity contribution in [3.63, 3.8) is 0 Å². The summed E-state index contributed by atoms with van der Waals surface area (Å²) in [6.07, 6.45) is 0.695. The van der Waals surface area contributed by atoms with Crippen molar-refractivity contribution >= 4 is 15.7 Å². The van der Waals surface area contributed by atoms with Gasteiger partial charge < -0.3 is 10.5 Å². The first-order valence-electron chi connectivity index (χ1n) is 6.84. The molecule has 0 radical (unpaired) electrons. The van der Waals surface area contributed by atoms with Crippen LogP contribution in [0.1, 0.15) is 6.42 Å². The van der Waals surface area contributed by atoms with Crippen LogP contribution in [0.5, 0.6) is 0 Å². The van der Waals surface area contributed by atoms with Crippen molar-refractivity contribution in [1.29, 1.82) is 0 Å².